The quantitative estimate of drug-likeness (QED) is 0.183. The van der Waals surface area contributed by atoms with Crippen molar-refractivity contribution in [1.29, 1.82) is 0 Å². The van der Waals surface area contributed by atoms with Crippen molar-refractivity contribution in [2.75, 3.05) is 0 Å². The van der Waals surface area contributed by atoms with Gasteiger partial charge in [-0.1, -0.05) is 125 Å². The van der Waals surface area contributed by atoms with E-state index in [0.717, 1.165) is 10.6 Å². The van der Waals surface area contributed by atoms with Crippen LogP contribution in [0.15, 0.2) is 115 Å². The van der Waals surface area contributed by atoms with Crippen LogP contribution >= 0.6 is 54.3 Å². The van der Waals surface area contributed by atoms with E-state index < -0.39 is 7.92 Å². The van der Waals surface area contributed by atoms with Crippen molar-refractivity contribution in [3.8, 4) is 11.1 Å². The van der Waals surface area contributed by atoms with Gasteiger partial charge in [0.15, 0.2) is 0 Å². The average Bonchev–Trinajstić information content (AvgIpc) is 2.87. The molecule has 37 heavy (non-hydrogen) atoms. The summed E-state index contributed by atoms with van der Waals surface area (Å²) < 4.78 is 0. The molecule has 0 aliphatic heterocycles. The Morgan fingerprint density at radius 1 is 0.432 bits per heavy atom. The maximum atomic E-state index is 6.54. The Morgan fingerprint density at radius 3 is 1.51 bits per heavy atom. The summed E-state index contributed by atoms with van der Waals surface area (Å²) >= 11 is 26.1. The second-order valence-electron chi connectivity index (χ2n) is 8.80. The van der Waals surface area contributed by atoms with E-state index in [1.165, 1.54) is 38.0 Å². The van der Waals surface area contributed by atoms with Crippen LogP contribution in [-0.2, 0) is 0 Å². The van der Waals surface area contributed by atoms with Crippen molar-refractivity contribution in [1.82, 2.24) is 0 Å². The summed E-state index contributed by atoms with van der Waals surface area (Å²) in [6.07, 6.45) is 0. The minimum Gasteiger partial charge on any atom is -0.0843 e. The van der Waals surface area contributed by atoms with E-state index in [1.807, 2.05) is 24.3 Å². The summed E-state index contributed by atoms with van der Waals surface area (Å²) in [5, 5.41) is 10.4. The smallest absolute Gasteiger partial charge is 0.0427 e. The van der Waals surface area contributed by atoms with Crippen molar-refractivity contribution in [2.24, 2.45) is 0 Å². The highest BCUT2D eigenvalue weighted by molar-refractivity contribution is 7.80. The predicted molar refractivity (Wildman–Crippen MR) is 166 cm³/mol. The first-order chi connectivity index (χ1) is 18.0. The third-order valence-electron chi connectivity index (χ3n) is 6.42. The second-order valence-corrected chi connectivity index (χ2v) is 12.7. The molecular formula is C32H19Cl4P. The number of halogens is 4. The van der Waals surface area contributed by atoms with Crippen molar-refractivity contribution in [3.05, 3.63) is 135 Å². The summed E-state index contributed by atoms with van der Waals surface area (Å²) in [7, 11) is -1.12. The zero-order valence-electron chi connectivity index (χ0n) is 19.4. The zero-order chi connectivity index (χ0) is 25.5. The van der Waals surface area contributed by atoms with Gasteiger partial charge in [0.2, 0.25) is 0 Å². The molecular weight excluding hydrogens is 557 g/mol. The van der Waals surface area contributed by atoms with E-state index in [0.29, 0.717) is 20.1 Å². The van der Waals surface area contributed by atoms with Gasteiger partial charge in [-0.05, 0) is 92.9 Å². The molecule has 0 amide bonds. The van der Waals surface area contributed by atoms with E-state index in [1.54, 1.807) is 12.1 Å². The fraction of sp³-hybridized carbons (Fsp3) is 0. The molecule has 0 fully saturated rings. The van der Waals surface area contributed by atoms with Crippen LogP contribution in [0.2, 0.25) is 20.1 Å². The molecule has 0 unspecified atom stereocenters. The first-order valence-electron chi connectivity index (χ1n) is 11.7. The number of rotatable bonds is 4. The number of hydrogen-bond acceptors (Lipinski definition) is 0. The van der Waals surface area contributed by atoms with E-state index in [4.69, 9.17) is 46.4 Å². The molecule has 0 N–H and O–H groups in total. The van der Waals surface area contributed by atoms with Gasteiger partial charge < -0.3 is 0 Å². The molecule has 6 aromatic rings. The van der Waals surface area contributed by atoms with Crippen LogP contribution < -0.4 is 15.9 Å². The molecule has 180 valence electrons. The van der Waals surface area contributed by atoms with E-state index in [9.17, 15) is 0 Å². The molecule has 0 spiro atoms. The molecule has 0 atom stereocenters. The molecule has 0 aliphatic carbocycles. The Labute approximate surface area is 237 Å². The first kappa shape index (κ1) is 24.7. The van der Waals surface area contributed by atoms with Gasteiger partial charge in [-0.15, -0.1) is 0 Å². The van der Waals surface area contributed by atoms with Gasteiger partial charge in [-0.25, -0.2) is 0 Å². The second kappa shape index (κ2) is 10.3. The van der Waals surface area contributed by atoms with Crippen LogP contribution in [-0.4, -0.2) is 0 Å². The highest BCUT2D eigenvalue weighted by Crippen LogP contribution is 2.43. The Bertz CT molecular complexity index is 1700. The molecule has 0 radical (unpaired) electrons. The zero-order valence-corrected chi connectivity index (χ0v) is 23.3. The Hall–Kier alpha value is -2.57. The van der Waals surface area contributed by atoms with Gasteiger partial charge in [0.05, 0.1) is 0 Å². The van der Waals surface area contributed by atoms with Crippen LogP contribution in [0.5, 0.6) is 0 Å². The van der Waals surface area contributed by atoms with E-state index in [2.05, 4.69) is 78.9 Å². The van der Waals surface area contributed by atoms with Gasteiger partial charge in [0.1, 0.15) is 0 Å². The maximum absolute atomic E-state index is 6.54. The molecule has 6 rings (SSSR count). The Morgan fingerprint density at radius 2 is 0.919 bits per heavy atom. The van der Waals surface area contributed by atoms with Crippen LogP contribution in [0, 0.1) is 0 Å². The highest BCUT2D eigenvalue weighted by Gasteiger charge is 2.24. The van der Waals surface area contributed by atoms with Crippen molar-refractivity contribution in [2.45, 2.75) is 0 Å². The Balaban J connectivity index is 1.75. The van der Waals surface area contributed by atoms with Gasteiger partial charge in [0.25, 0.3) is 0 Å². The summed E-state index contributed by atoms with van der Waals surface area (Å²) in [6, 6.07) is 39.4. The lowest BCUT2D eigenvalue weighted by molar-refractivity contribution is 1.70. The van der Waals surface area contributed by atoms with E-state index >= 15 is 0 Å². The van der Waals surface area contributed by atoms with Gasteiger partial charge >= 0.3 is 0 Å². The molecule has 6 aromatic carbocycles. The number of fused-ring (bicyclic) bond motifs is 2. The monoisotopic (exact) mass is 574 g/mol. The molecule has 0 bridgehead atoms. The van der Waals surface area contributed by atoms with Gasteiger partial charge in [-0.3, -0.25) is 0 Å². The molecule has 0 heterocycles. The first-order valence-corrected chi connectivity index (χ1v) is 14.6. The predicted octanol–water partition coefficient (Wildman–Crippen LogP) is 10.0. The fourth-order valence-corrected chi connectivity index (χ4v) is 8.91. The summed E-state index contributed by atoms with van der Waals surface area (Å²) in [4.78, 5) is 0. The maximum Gasteiger partial charge on any atom is 0.0427 e. The topological polar surface area (TPSA) is 0 Å². The molecule has 5 heteroatoms. The van der Waals surface area contributed by atoms with Gasteiger partial charge in [-0.2, -0.15) is 0 Å². The molecule has 0 aliphatic rings. The summed E-state index contributed by atoms with van der Waals surface area (Å²) in [5.74, 6) is 0. The van der Waals surface area contributed by atoms with Crippen LogP contribution in [0.4, 0.5) is 0 Å². The molecule has 0 nitrogen and oxygen atoms in total. The lowest BCUT2D eigenvalue weighted by Crippen LogP contribution is -2.23. The van der Waals surface area contributed by atoms with Crippen LogP contribution in [0.25, 0.3) is 32.7 Å². The van der Waals surface area contributed by atoms with Crippen molar-refractivity contribution < 1.29 is 0 Å². The Kier molecular flexibility index (Phi) is 6.89. The number of benzene rings is 6. The number of hydrogen-bond donors (Lipinski definition) is 0. The summed E-state index contributed by atoms with van der Waals surface area (Å²) in [5.41, 5.74) is 2.37. The SMILES string of the molecule is Clc1cc(Cl)cc(P(c2cc(Cl)cc(Cl)c2)c2ccc3ccccc3c2-c2cccc3ccccc23)c1. The lowest BCUT2D eigenvalue weighted by atomic mass is 9.94. The summed E-state index contributed by atoms with van der Waals surface area (Å²) in [6.45, 7) is 0. The third-order valence-corrected chi connectivity index (χ3v) is 9.69. The van der Waals surface area contributed by atoms with Crippen LogP contribution in [0.3, 0.4) is 0 Å². The lowest BCUT2D eigenvalue weighted by Gasteiger charge is -2.25. The highest BCUT2D eigenvalue weighted by atomic mass is 35.5. The molecule has 0 saturated carbocycles. The third kappa shape index (κ3) is 4.86. The van der Waals surface area contributed by atoms with Gasteiger partial charge in [0, 0.05) is 20.1 Å². The minimum absolute atomic E-state index is 0.593. The molecule has 0 saturated heterocycles. The van der Waals surface area contributed by atoms with Crippen molar-refractivity contribution in [3.63, 3.8) is 0 Å². The van der Waals surface area contributed by atoms with E-state index in [-0.39, 0.29) is 0 Å². The van der Waals surface area contributed by atoms with Crippen molar-refractivity contribution >= 4 is 91.8 Å². The fourth-order valence-electron chi connectivity index (χ4n) is 4.94. The minimum atomic E-state index is -1.12. The van der Waals surface area contributed by atoms with Crippen LogP contribution in [0.1, 0.15) is 0 Å². The standard InChI is InChI=1S/C32H19Cl4P/c33-22-14-23(34)17-26(16-22)37(27-18-24(35)15-25(36)19-27)31-13-12-21-7-2-4-10-29(21)32(31)30-11-5-8-20-6-1-3-9-28(20)30/h1-19H. The average molecular weight is 576 g/mol. The molecule has 0 aromatic heterocycles. The normalized spacial score (nSPS) is 11.5. The largest absolute Gasteiger partial charge is 0.0843 e.